The van der Waals surface area contributed by atoms with Gasteiger partial charge in [-0.15, -0.1) is 0 Å². The van der Waals surface area contributed by atoms with Crippen LogP contribution in [0.3, 0.4) is 0 Å². The van der Waals surface area contributed by atoms with Gasteiger partial charge in [0.15, 0.2) is 0 Å². The van der Waals surface area contributed by atoms with Crippen molar-refractivity contribution in [3.8, 4) is 0 Å². The summed E-state index contributed by atoms with van der Waals surface area (Å²) in [5.41, 5.74) is 2.87. The Morgan fingerprint density at radius 2 is 1.74 bits per heavy atom. The Balaban J connectivity index is 2.00. The SMILES string of the molecule is CCOC(=O)N1CCN(C(=O)c2ccc(N(C)C)c(C)c2)CC1. The van der Waals surface area contributed by atoms with E-state index in [0.29, 0.717) is 38.3 Å². The first-order chi connectivity index (χ1) is 10.9. The fourth-order valence-corrected chi connectivity index (χ4v) is 2.78. The molecule has 0 aliphatic carbocycles. The van der Waals surface area contributed by atoms with Crippen LogP contribution in [0.25, 0.3) is 0 Å². The number of hydrogen-bond donors (Lipinski definition) is 0. The minimum absolute atomic E-state index is 0.0157. The minimum atomic E-state index is -0.300. The second kappa shape index (κ2) is 7.35. The average molecular weight is 319 g/mol. The van der Waals surface area contributed by atoms with Crippen LogP contribution in [0.5, 0.6) is 0 Å². The van der Waals surface area contributed by atoms with Crippen LogP contribution < -0.4 is 4.90 Å². The maximum atomic E-state index is 12.6. The zero-order valence-corrected chi connectivity index (χ0v) is 14.3. The summed E-state index contributed by atoms with van der Waals surface area (Å²) in [6.07, 6.45) is -0.300. The third kappa shape index (κ3) is 3.94. The molecule has 0 N–H and O–H groups in total. The highest BCUT2D eigenvalue weighted by atomic mass is 16.6. The fourth-order valence-electron chi connectivity index (χ4n) is 2.78. The number of amides is 2. The van der Waals surface area contributed by atoms with E-state index in [-0.39, 0.29) is 12.0 Å². The first-order valence-electron chi connectivity index (χ1n) is 7.93. The van der Waals surface area contributed by atoms with Crippen molar-refractivity contribution in [3.63, 3.8) is 0 Å². The molecule has 126 valence electrons. The van der Waals surface area contributed by atoms with Crippen LogP contribution in [0.4, 0.5) is 10.5 Å². The van der Waals surface area contributed by atoms with Crippen LogP contribution in [0, 0.1) is 6.92 Å². The summed E-state index contributed by atoms with van der Waals surface area (Å²) in [5, 5.41) is 0. The van der Waals surface area contributed by atoms with Gasteiger partial charge >= 0.3 is 6.09 Å². The number of hydrogen-bond acceptors (Lipinski definition) is 4. The van der Waals surface area contributed by atoms with Crippen LogP contribution in [0.15, 0.2) is 18.2 Å². The molecule has 1 aliphatic rings. The van der Waals surface area contributed by atoms with Gasteiger partial charge in [-0.25, -0.2) is 4.79 Å². The second-order valence-corrected chi connectivity index (χ2v) is 5.87. The lowest BCUT2D eigenvalue weighted by atomic mass is 10.1. The molecule has 6 heteroatoms. The molecule has 1 aromatic rings. The molecule has 0 radical (unpaired) electrons. The van der Waals surface area contributed by atoms with Gasteiger partial charge in [0, 0.05) is 51.5 Å². The number of nitrogens with zero attached hydrogens (tertiary/aromatic N) is 3. The largest absolute Gasteiger partial charge is 0.450 e. The molecular weight excluding hydrogens is 294 g/mol. The predicted molar refractivity (Wildman–Crippen MR) is 90.0 cm³/mol. The van der Waals surface area contributed by atoms with Crippen molar-refractivity contribution in [2.45, 2.75) is 13.8 Å². The number of piperazine rings is 1. The van der Waals surface area contributed by atoms with Crippen molar-refractivity contribution in [1.29, 1.82) is 0 Å². The Kier molecular flexibility index (Phi) is 5.47. The van der Waals surface area contributed by atoms with E-state index in [2.05, 4.69) is 0 Å². The molecule has 6 nitrogen and oxygen atoms in total. The molecule has 2 rings (SSSR count). The molecule has 1 saturated heterocycles. The smallest absolute Gasteiger partial charge is 0.409 e. The van der Waals surface area contributed by atoms with E-state index in [1.165, 1.54) is 0 Å². The highest BCUT2D eigenvalue weighted by molar-refractivity contribution is 5.95. The Bertz CT molecular complexity index is 578. The van der Waals surface area contributed by atoms with Crippen molar-refractivity contribution in [1.82, 2.24) is 9.80 Å². The third-order valence-corrected chi connectivity index (χ3v) is 4.02. The number of carbonyl (C=O) groups is 2. The molecule has 1 heterocycles. The van der Waals surface area contributed by atoms with Gasteiger partial charge in [-0.1, -0.05) is 0 Å². The monoisotopic (exact) mass is 319 g/mol. The summed E-state index contributed by atoms with van der Waals surface area (Å²) in [5.74, 6) is 0.0157. The standard InChI is InChI=1S/C17H25N3O3/c1-5-23-17(22)20-10-8-19(9-11-20)16(21)14-6-7-15(18(3)4)13(2)12-14/h6-7,12H,5,8-11H2,1-4H3. The summed E-state index contributed by atoms with van der Waals surface area (Å²) in [6.45, 7) is 6.26. The third-order valence-electron chi connectivity index (χ3n) is 4.02. The maximum Gasteiger partial charge on any atom is 0.409 e. The summed E-state index contributed by atoms with van der Waals surface area (Å²) < 4.78 is 4.99. The number of carbonyl (C=O) groups excluding carboxylic acids is 2. The molecule has 0 atom stereocenters. The molecule has 0 unspecified atom stereocenters. The number of anilines is 1. The molecule has 1 aliphatic heterocycles. The quantitative estimate of drug-likeness (QED) is 0.855. The maximum absolute atomic E-state index is 12.6. The minimum Gasteiger partial charge on any atom is -0.450 e. The molecule has 0 spiro atoms. The molecule has 0 saturated carbocycles. The van der Waals surface area contributed by atoms with Crippen molar-refractivity contribution in [2.75, 3.05) is 51.8 Å². The van der Waals surface area contributed by atoms with Crippen LogP contribution >= 0.6 is 0 Å². The second-order valence-electron chi connectivity index (χ2n) is 5.87. The Morgan fingerprint density at radius 1 is 1.13 bits per heavy atom. The molecule has 1 aromatic carbocycles. The number of aryl methyl sites for hydroxylation is 1. The van der Waals surface area contributed by atoms with Crippen LogP contribution in [-0.4, -0.2) is 68.7 Å². The predicted octanol–water partition coefficient (Wildman–Crippen LogP) is 1.98. The van der Waals surface area contributed by atoms with E-state index in [4.69, 9.17) is 4.74 Å². The molecule has 0 aromatic heterocycles. The Hall–Kier alpha value is -2.24. The van der Waals surface area contributed by atoms with Gasteiger partial charge in [0.1, 0.15) is 0 Å². The molecule has 2 amide bonds. The van der Waals surface area contributed by atoms with Crippen molar-refractivity contribution < 1.29 is 14.3 Å². The van der Waals surface area contributed by atoms with Crippen LogP contribution in [0.1, 0.15) is 22.8 Å². The zero-order chi connectivity index (χ0) is 17.0. The van der Waals surface area contributed by atoms with Gasteiger partial charge < -0.3 is 19.4 Å². The van der Waals surface area contributed by atoms with Gasteiger partial charge in [-0.2, -0.15) is 0 Å². The molecule has 23 heavy (non-hydrogen) atoms. The lowest BCUT2D eigenvalue weighted by Crippen LogP contribution is -2.50. The van der Waals surface area contributed by atoms with Crippen LogP contribution in [-0.2, 0) is 4.74 Å². The van der Waals surface area contributed by atoms with Gasteiger partial charge in [0.05, 0.1) is 6.61 Å². The summed E-state index contributed by atoms with van der Waals surface area (Å²) >= 11 is 0. The van der Waals surface area contributed by atoms with Crippen molar-refractivity contribution in [3.05, 3.63) is 29.3 Å². The Morgan fingerprint density at radius 3 is 2.26 bits per heavy atom. The molecule has 1 fully saturated rings. The van der Waals surface area contributed by atoms with Gasteiger partial charge in [0.2, 0.25) is 0 Å². The zero-order valence-electron chi connectivity index (χ0n) is 14.3. The van der Waals surface area contributed by atoms with E-state index < -0.39 is 0 Å². The molecular formula is C17H25N3O3. The van der Waals surface area contributed by atoms with E-state index in [0.717, 1.165) is 11.3 Å². The van der Waals surface area contributed by atoms with Crippen LogP contribution in [0.2, 0.25) is 0 Å². The lowest BCUT2D eigenvalue weighted by Gasteiger charge is -2.34. The van der Waals surface area contributed by atoms with Gasteiger partial charge in [-0.05, 0) is 37.6 Å². The van der Waals surface area contributed by atoms with E-state index in [1.807, 2.05) is 44.1 Å². The normalized spacial score (nSPS) is 14.6. The topological polar surface area (TPSA) is 53.1 Å². The molecule has 0 bridgehead atoms. The summed E-state index contributed by atoms with van der Waals surface area (Å²) in [6, 6.07) is 5.76. The highest BCUT2D eigenvalue weighted by Crippen LogP contribution is 2.20. The van der Waals surface area contributed by atoms with E-state index >= 15 is 0 Å². The van der Waals surface area contributed by atoms with Gasteiger partial charge in [-0.3, -0.25) is 4.79 Å². The Labute approximate surface area is 137 Å². The number of ether oxygens (including phenoxy) is 1. The van der Waals surface area contributed by atoms with Gasteiger partial charge in [0.25, 0.3) is 5.91 Å². The lowest BCUT2D eigenvalue weighted by molar-refractivity contribution is 0.0570. The number of benzene rings is 1. The first-order valence-corrected chi connectivity index (χ1v) is 7.93. The number of rotatable bonds is 3. The highest BCUT2D eigenvalue weighted by Gasteiger charge is 2.25. The van der Waals surface area contributed by atoms with E-state index in [9.17, 15) is 9.59 Å². The van der Waals surface area contributed by atoms with Crippen molar-refractivity contribution >= 4 is 17.7 Å². The van der Waals surface area contributed by atoms with E-state index in [1.54, 1.807) is 16.7 Å². The summed E-state index contributed by atoms with van der Waals surface area (Å²) in [7, 11) is 3.97. The van der Waals surface area contributed by atoms with Crippen molar-refractivity contribution in [2.24, 2.45) is 0 Å². The fraction of sp³-hybridized carbons (Fsp3) is 0.529. The first kappa shape index (κ1) is 17.1. The average Bonchev–Trinajstić information content (AvgIpc) is 2.54. The summed E-state index contributed by atoms with van der Waals surface area (Å²) in [4.78, 5) is 29.8.